The molecule has 84 valence electrons. The molecule has 0 radical (unpaired) electrons. The van der Waals surface area contributed by atoms with Crippen molar-refractivity contribution >= 4 is 0 Å². The number of hydrogen-bond acceptors (Lipinski definition) is 2. The van der Waals surface area contributed by atoms with Crippen LogP contribution in [-0.4, -0.2) is 6.54 Å². The lowest BCUT2D eigenvalue weighted by Crippen LogP contribution is -2.27. The molecule has 1 aromatic rings. The molecule has 2 nitrogen and oxygen atoms in total. The second kappa shape index (κ2) is 4.67. The molecule has 0 aliphatic carbocycles. The van der Waals surface area contributed by atoms with Crippen LogP contribution in [0.1, 0.15) is 47.6 Å². The van der Waals surface area contributed by atoms with E-state index in [1.54, 1.807) is 0 Å². The van der Waals surface area contributed by atoms with Gasteiger partial charge in [-0.1, -0.05) is 6.42 Å². The van der Waals surface area contributed by atoms with Gasteiger partial charge in [0.05, 0.1) is 11.6 Å². The molecule has 0 amide bonds. The number of hydrogen-bond donors (Lipinski definition) is 1. The van der Waals surface area contributed by atoms with Crippen molar-refractivity contribution in [2.75, 3.05) is 6.54 Å². The van der Waals surface area contributed by atoms with Gasteiger partial charge in [-0.15, -0.1) is 0 Å². The largest absolute Gasteiger partial charge is 0.310 e. The highest BCUT2D eigenvalue weighted by Crippen LogP contribution is 2.28. The molecule has 1 N–H and O–H groups in total. The maximum absolute atomic E-state index is 9.01. The molecule has 1 saturated heterocycles. The first-order chi connectivity index (χ1) is 7.72. The average molecular weight is 214 g/mol. The zero-order valence-corrected chi connectivity index (χ0v) is 10.0. The Hall–Kier alpha value is -1.33. The third-order valence-corrected chi connectivity index (χ3v) is 3.52. The Kier molecular flexibility index (Phi) is 3.26. The van der Waals surface area contributed by atoms with Crippen molar-refractivity contribution in [2.24, 2.45) is 0 Å². The molecule has 2 heteroatoms. The number of nitrogens with zero attached hydrogens (tertiary/aromatic N) is 1. The third kappa shape index (κ3) is 2.10. The van der Waals surface area contributed by atoms with Crippen molar-refractivity contribution in [1.82, 2.24) is 5.32 Å². The fourth-order valence-corrected chi connectivity index (χ4v) is 2.43. The molecule has 0 bridgehead atoms. The van der Waals surface area contributed by atoms with Crippen LogP contribution in [0.3, 0.4) is 0 Å². The Morgan fingerprint density at radius 1 is 1.31 bits per heavy atom. The monoisotopic (exact) mass is 214 g/mol. The molecule has 2 rings (SSSR count). The standard InChI is InChI=1S/C14H18N2/c1-10-7-12(9-15)8-13(11(10)2)14-5-3-4-6-16-14/h7-8,14,16H,3-6H2,1-2H3. The number of aryl methyl sites for hydroxylation is 1. The molecule has 1 aromatic carbocycles. The summed E-state index contributed by atoms with van der Waals surface area (Å²) < 4.78 is 0. The van der Waals surface area contributed by atoms with Crippen molar-refractivity contribution in [3.63, 3.8) is 0 Å². The summed E-state index contributed by atoms with van der Waals surface area (Å²) in [4.78, 5) is 0. The van der Waals surface area contributed by atoms with Gasteiger partial charge in [0.2, 0.25) is 0 Å². The van der Waals surface area contributed by atoms with Crippen molar-refractivity contribution in [3.05, 3.63) is 34.4 Å². The molecule has 1 aliphatic rings. The minimum atomic E-state index is 0.445. The first-order valence-electron chi connectivity index (χ1n) is 5.97. The highest BCUT2D eigenvalue weighted by molar-refractivity contribution is 5.44. The van der Waals surface area contributed by atoms with E-state index < -0.39 is 0 Å². The van der Waals surface area contributed by atoms with Crippen LogP contribution in [0, 0.1) is 25.2 Å². The maximum atomic E-state index is 9.01. The van der Waals surface area contributed by atoms with Gasteiger partial charge in [0, 0.05) is 6.04 Å². The van der Waals surface area contributed by atoms with E-state index >= 15 is 0 Å². The average Bonchev–Trinajstić information content (AvgIpc) is 2.33. The van der Waals surface area contributed by atoms with Crippen LogP contribution in [0.4, 0.5) is 0 Å². The Balaban J connectivity index is 2.38. The summed E-state index contributed by atoms with van der Waals surface area (Å²) in [6, 6.07) is 6.71. The molecule has 1 aliphatic heterocycles. The summed E-state index contributed by atoms with van der Waals surface area (Å²) in [5.74, 6) is 0. The van der Waals surface area contributed by atoms with Gasteiger partial charge < -0.3 is 5.32 Å². The summed E-state index contributed by atoms with van der Waals surface area (Å²) in [5.41, 5.74) is 4.65. The second-order valence-electron chi connectivity index (χ2n) is 4.62. The Bertz CT molecular complexity index is 423. The number of rotatable bonds is 1. The molecule has 0 aromatic heterocycles. The first-order valence-corrected chi connectivity index (χ1v) is 5.97. The van der Waals surface area contributed by atoms with Crippen LogP contribution >= 0.6 is 0 Å². The zero-order chi connectivity index (χ0) is 11.5. The van der Waals surface area contributed by atoms with Gasteiger partial charge in [-0.25, -0.2) is 0 Å². The molecule has 16 heavy (non-hydrogen) atoms. The summed E-state index contributed by atoms with van der Waals surface area (Å²) in [7, 11) is 0. The van der Waals surface area contributed by atoms with Gasteiger partial charge in [0.25, 0.3) is 0 Å². The van der Waals surface area contributed by atoms with Crippen molar-refractivity contribution in [3.8, 4) is 6.07 Å². The normalized spacial score (nSPS) is 20.4. The molecule has 1 fully saturated rings. The van der Waals surface area contributed by atoms with E-state index in [1.165, 1.54) is 36.0 Å². The van der Waals surface area contributed by atoms with E-state index in [-0.39, 0.29) is 0 Å². The minimum absolute atomic E-state index is 0.445. The Morgan fingerprint density at radius 3 is 2.75 bits per heavy atom. The van der Waals surface area contributed by atoms with Crippen LogP contribution in [0.15, 0.2) is 12.1 Å². The summed E-state index contributed by atoms with van der Waals surface area (Å²) >= 11 is 0. The molecule has 0 spiro atoms. The SMILES string of the molecule is Cc1cc(C#N)cc(C2CCCCN2)c1C. The van der Waals surface area contributed by atoms with E-state index in [0.29, 0.717) is 6.04 Å². The van der Waals surface area contributed by atoms with Crippen LogP contribution in [0.25, 0.3) is 0 Å². The van der Waals surface area contributed by atoms with E-state index in [1.807, 2.05) is 12.1 Å². The topological polar surface area (TPSA) is 35.8 Å². The predicted molar refractivity (Wildman–Crippen MR) is 65.2 cm³/mol. The Morgan fingerprint density at radius 2 is 2.12 bits per heavy atom. The zero-order valence-electron chi connectivity index (χ0n) is 10.0. The molecule has 1 unspecified atom stereocenters. The van der Waals surface area contributed by atoms with E-state index in [2.05, 4.69) is 25.2 Å². The minimum Gasteiger partial charge on any atom is -0.310 e. The van der Waals surface area contributed by atoms with Gasteiger partial charge in [-0.3, -0.25) is 0 Å². The molecule has 0 saturated carbocycles. The molecule has 1 heterocycles. The van der Waals surface area contributed by atoms with Gasteiger partial charge >= 0.3 is 0 Å². The molecule has 1 atom stereocenters. The van der Waals surface area contributed by atoms with E-state index in [9.17, 15) is 0 Å². The lowest BCUT2D eigenvalue weighted by Gasteiger charge is -2.26. The van der Waals surface area contributed by atoms with E-state index in [4.69, 9.17) is 5.26 Å². The molecular formula is C14H18N2. The summed E-state index contributed by atoms with van der Waals surface area (Å²) in [6.45, 7) is 5.34. The first kappa shape index (κ1) is 11.2. The van der Waals surface area contributed by atoms with Crippen LogP contribution < -0.4 is 5.32 Å². The number of piperidine rings is 1. The van der Waals surface area contributed by atoms with Gasteiger partial charge in [0.1, 0.15) is 0 Å². The third-order valence-electron chi connectivity index (χ3n) is 3.52. The predicted octanol–water partition coefficient (Wildman–Crippen LogP) is 2.99. The number of nitrogens with one attached hydrogen (secondary N) is 1. The molecular weight excluding hydrogens is 196 g/mol. The van der Waals surface area contributed by atoms with Crippen LogP contribution in [0.2, 0.25) is 0 Å². The highest BCUT2D eigenvalue weighted by Gasteiger charge is 2.17. The summed E-state index contributed by atoms with van der Waals surface area (Å²) in [6.07, 6.45) is 3.74. The highest BCUT2D eigenvalue weighted by atomic mass is 14.9. The fraction of sp³-hybridized carbons (Fsp3) is 0.500. The van der Waals surface area contributed by atoms with Gasteiger partial charge in [-0.05, 0) is 62.1 Å². The van der Waals surface area contributed by atoms with Crippen molar-refractivity contribution in [1.29, 1.82) is 5.26 Å². The quantitative estimate of drug-likeness (QED) is 0.780. The lowest BCUT2D eigenvalue weighted by molar-refractivity contribution is 0.411. The van der Waals surface area contributed by atoms with Crippen molar-refractivity contribution < 1.29 is 0 Å². The number of nitriles is 1. The van der Waals surface area contributed by atoms with Crippen molar-refractivity contribution in [2.45, 2.75) is 39.2 Å². The Labute approximate surface area is 97.3 Å². The fourth-order valence-electron chi connectivity index (χ4n) is 2.43. The maximum Gasteiger partial charge on any atom is 0.0991 e. The second-order valence-corrected chi connectivity index (χ2v) is 4.62. The summed E-state index contributed by atoms with van der Waals surface area (Å²) in [5, 5.41) is 12.6. The van der Waals surface area contributed by atoms with Crippen LogP contribution in [0.5, 0.6) is 0 Å². The van der Waals surface area contributed by atoms with Crippen LogP contribution in [-0.2, 0) is 0 Å². The van der Waals surface area contributed by atoms with Gasteiger partial charge in [-0.2, -0.15) is 5.26 Å². The van der Waals surface area contributed by atoms with E-state index in [0.717, 1.165) is 12.1 Å². The smallest absolute Gasteiger partial charge is 0.0991 e. The number of benzene rings is 1. The lowest BCUT2D eigenvalue weighted by atomic mass is 9.90. The van der Waals surface area contributed by atoms with Gasteiger partial charge in [0.15, 0.2) is 0 Å².